The lowest BCUT2D eigenvalue weighted by molar-refractivity contribution is -1.91. The van der Waals surface area contributed by atoms with E-state index in [-0.39, 0.29) is 0 Å². The Hall–Kier alpha value is 0.270. The second-order valence-corrected chi connectivity index (χ2v) is 7.97. The summed E-state index contributed by atoms with van der Waals surface area (Å²) in [5, 5.41) is 0.946. The quantitative estimate of drug-likeness (QED) is 0.533. The first kappa shape index (κ1) is 12.7. The predicted octanol–water partition coefficient (Wildman–Crippen LogP) is -0.874. The van der Waals surface area contributed by atoms with E-state index in [1.807, 2.05) is 18.4 Å². The number of rotatable bonds is 3. The van der Waals surface area contributed by atoms with Gasteiger partial charge in [-0.05, 0) is 23.1 Å². The zero-order chi connectivity index (χ0) is 11.8. The highest BCUT2D eigenvalue weighted by molar-refractivity contribution is 8.85. The third-order valence-electron chi connectivity index (χ3n) is 1.76. The fourth-order valence-corrected chi connectivity index (χ4v) is 7.32. The van der Waals surface area contributed by atoms with E-state index >= 15 is 0 Å². The van der Waals surface area contributed by atoms with Gasteiger partial charge in [0, 0.05) is 5.22 Å². The van der Waals surface area contributed by atoms with Crippen molar-refractivity contribution in [1.29, 1.82) is 0 Å². The van der Waals surface area contributed by atoms with Crippen LogP contribution in [0.15, 0.2) is 24.3 Å². The Labute approximate surface area is 105 Å². The van der Waals surface area contributed by atoms with E-state index < -0.39 is 20.0 Å². The summed E-state index contributed by atoms with van der Waals surface area (Å²) in [6.45, 7) is 0. The minimum absolute atomic E-state index is 0.753. The molecule has 0 aliphatic carbocycles. The molecule has 1 aromatic carbocycles. The summed E-state index contributed by atoms with van der Waals surface area (Å²) >= 11 is 1.51. The first-order valence-corrected chi connectivity index (χ1v) is 8.99. The Kier molecular flexibility index (Phi) is 3.87. The Balaban J connectivity index is 2.53. The molecule has 0 saturated carbocycles. The molecule has 0 spiro atoms. The summed E-state index contributed by atoms with van der Waals surface area (Å²) < 4.78 is 37.9. The molecule has 0 bridgehead atoms. The number of hydrogen-bond donors (Lipinski definition) is 0. The van der Waals surface area contributed by atoms with Gasteiger partial charge in [0.05, 0.1) is 19.0 Å². The molecule has 0 saturated heterocycles. The van der Waals surface area contributed by atoms with Crippen LogP contribution in [0.2, 0.25) is 0 Å². The van der Waals surface area contributed by atoms with Crippen molar-refractivity contribution in [2.45, 2.75) is 0 Å². The highest BCUT2D eigenvalue weighted by Gasteiger charge is 2.27. The highest BCUT2D eigenvalue weighted by atomic mass is 35.7. The van der Waals surface area contributed by atoms with Crippen LogP contribution < -0.4 is 19.2 Å². The Morgan fingerprint density at radius 3 is 2.62 bits per heavy atom. The van der Waals surface area contributed by atoms with Gasteiger partial charge in [0.25, 0.3) is 0 Å². The largest absolute Gasteiger partial charge is 0.182 e. The van der Waals surface area contributed by atoms with Gasteiger partial charge in [-0.1, -0.05) is 18.2 Å². The van der Waals surface area contributed by atoms with Crippen LogP contribution in [0.3, 0.4) is 0 Å². The number of thioether (sulfide) groups is 1. The van der Waals surface area contributed by atoms with Crippen molar-refractivity contribution in [3.05, 3.63) is 34.0 Å². The van der Waals surface area contributed by atoms with Gasteiger partial charge < -0.3 is 0 Å². The van der Waals surface area contributed by atoms with Crippen LogP contribution >= 0.6 is 32.4 Å². The maximum Gasteiger partial charge on any atom is 0.180 e. The fraction of sp³-hybridized carbons (Fsp3) is 0.125. The molecule has 0 radical (unpaired) electrons. The molecule has 88 valence electrons. The third-order valence-corrected chi connectivity index (χ3v) is 7.68. The van der Waals surface area contributed by atoms with Gasteiger partial charge in [-0.15, -0.1) is 11.8 Å². The number of hydrogen-bond acceptors (Lipinski definition) is 6. The summed E-state index contributed by atoms with van der Waals surface area (Å²) in [6.07, 6.45) is 1.90. The van der Waals surface area contributed by atoms with E-state index in [2.05, 4.69) is 3.74 Å². The SMILES string of the molecule is CSC1=c2ccccc2=S(O[Cl+3]([O-])([O-])[O-])S1. The molecule has 1 heterocycles. The highest BCUT2D eigenvalue weighted by Crippen LogP contribution is 2.48. The van der Waals surface area contributed by atoms with Crippen LogP contribution in [0.4, 0.5) is 0 Å². The van der Waals surface area contributed by atoms with Gasteiger partial charge in [0.1, 0.15) is 3.74 Å². The fourth-order valence-electron chi connectivity index (χ4n) is 1.20. The van der Waals surface area contributed by atoms with Crippen LogP contribution in [0.1, 0.15) is 0 Å². The molecule has 0 fully saturated rings. The number of fused-ring (bicyclic) bond motifs is 1. The lowest BCUT2D eigenvalue weighted by Crippen LogP contribution is -2.59. The van der Waals surface area contributed by atoms with E-state index in [0.29, 0.717) is 0 Å². The second kappa shape index (κ2) is 4.87. The van der Waals surface area contributed by atoms with E-state index in [1.54, 1.807) is 12.1 Å². The van der Waals surface area contributed by atoms with Gasteiger partial charge >= 0.3 is 0 Å². The Morgan fingerprint density at radius 2 is 2.00 bits per heavy atom. The zero-order valence-corrected chi connectivity index (χ0v) is 11.3. The summed E-state index contributed by atoms with van der Waals surface area (Å²) in [5.41, 5.74) is 0. The minimum Gasteiger partial charge on any atom is -0.182 e. The molecular weight excluding hydrogens is 292 g/mol. The van der Waals surface area contributed by atoms with Gasteiger partial charge in [0.15, 0.2) is 9.80 Å². The van der Waals surface area contributed by atoms with Crippen LogP contribution in [0.25, 0.3) is 4.24 Å². The molecule has 1 unspecified atom stereocenters. The average molecular weight is 299 g/mol. The molecule has 0 N–H and O–H groups in total. The Morgan fingerprint density at radius 1 is 1.31 bits per heavy atom. The number of halogens is 1. The smallest absolute Gasteiger partial charge is 0.180 e. The maximum absolute atomic E-state index is 10.6. The molecule has 1 aliphatic heterocycles. The molecule has 0 amide bonds. The molecule has 1 aromatic rings. The summed E-state index contributed by atoms with van der Waals surface area (Å²) in [7, 11) is -4.18. The standard InChI is InChI=1S/C8H7ClO4S3/c1-14-8-6-4-2-3-5-7(6)16(15-8)13-9(10,11)12/h2-5H,1H3. The summed E-state index contributed by atoms with van der Waals surface area (Å²) in [6, 6.07) is 7.32. The lowest BCUT2D eigenvalue weighted by atomic mass is 10.3. The van der Waals surface area contributed by atoms with Gasteiger partial charge in [-0.2, -0.15) is 14.0 Å². The predicted molar refractivity (Wildman–Crippen MR) is 58.1 cm³/mol. The van der Waals surface area contributed by atoms with E-state index in [0.717, 1.165) is 14.0 Å². The topological polar surface area (TPSA) is 78.4 Å². The molecule has 2 rings (SSSR count). The molecule has 0 aromatic heterocycles. The molecule has 1 atom stereocenters. The monoisotopic (exact) mass is 298 g/mol. The number of benzene rings is 1. The van der Waals surface area contributed by atoms with E-state index in [1.165, 1.54) is 22.6 Å². The average Bonchev–Trinajstić information content (AvgIpc) is 2.55. The van der Waals surface area contributed by atoms with Crippen molar-refractivity contribution in [1.82, 2.24) is 0 Å². The summed E-state index contributed by atoms with van der Waals surface area (Å²) in [4.78, 5) is 0. The van der Waals surface area contributed by atoms with Crippen molar-refractivity contribution in [2.75, 3.05) is 6.26 Å². The molecule has 8 heteroatoms. The van der Waals surface area contributed by atoms with E-state index in [4.69, 9.17) is 0 Å². The van der Waals surface area contributed by atoms with Crippen LogP contribution in [-0.4, -0.2) is 6.26 Å². The summed E-state index contributed by atoms with van der Waals surface area (Å²) in [5.74, 6) is 0. The van der Waals surface area contributed by atoms with Crippen molar-refractivity contribution >= 4 is 36.6 Å². The first-order valence-electron chi connectivity index (χ1n) is 4.05. The van der Waals surface area contributed by atoms with Gasteiger partial charge in [0.2, 0.25) is 0 Å². The molecular formula is C8H7ClO4S3. The van der Waals surface area contributed by atoms with Crippen LogP contribution in [0.5, 0.6) is 0 Å². The molecule has 4 nitrogen and oxygen atoms in total. The zero-order valence-electron chi connectivity index (χ0n) is 8.05. The maximum atomic E-state index is 10.6. The first-order chi connectivity index (χ1) is 7.51. The molecule has 16 heavy (non-hydrogen) atoms. The second-order valence-electron chi connectivity index (χ2n) is 2.75. The minimum atomic E-state index is -4.39. The van der Waals surface area contributed by atoms with E-state index in [9.17, 15) is 14.0 Å². The third kappa shape index (κ3) is 2.74. The molecule has 1 aliphatic rings. The van der Waals surface area contributed by atoms with Crippen molar-refractivity contribution < 1.29 is 28.0 Å². The lowest BCUT2D eigenvalue weighted by Gasteiger charge is -2.11. The van der Waals surface area contributed by atoms with Gasteiger partial charge in [-0.25, -0.2) is 0 Å². The van der Waals surface area contributed by atoms with Crippen LogP contribution in [-0.2, 0) is 3.74 Å². The van der Waals surface area contributed by atoms with Gasteiger partial charge in [-0.3, -0.25) is 0 Å². The normalized spacial score (nSPS) is 20.0. The van der Waals surface area contributed by atoms with Crippen LogP contribution in [0, 0.1) is 14.8 Å². The Bertz CT molecular complexity index is 525. The van der Waals surface area contributed by atoms with Crippen molar-refractivity contribution in [3.8, 4) is 0 Å². The van der Waals surface area contributed by atoms with Crippen molar-refractivity contribution in [2.24, 2.45) is 0 Å². The van der Waals surface area contributed by atoms with Crippen molar-refractivity contribution in [3.63, 3.8) is 0 Å².